The van der Waals surface area contributed by atoms with Crippen molar-refractivity contribution in [2.24, 2.45) is 0 Å². The highest BCUT2D eigenvalue weighted by molar-refractivity contribution is 7.96. The zero-order valence-corrected chi connectivity index (χ0v) is 16.7. The average Bonchev–Trinajstić information content (AvgIpc) is 3.02. The van der Waals surface area contributed by atoms with Gasteiger partial charge in [-0.05, 0) is 43.7 Å². The number of hydrogen-bond donors (Lipinski definition) is 1. The molecule has 1 aliphatic heterocycles. The van der Waals surface area contributed by atoms with Crippen LogP contribution in [-0.4, -0.2) is 45.3 Å². The van der Waals surface area contributed by atoms with Crippen molar-refractivity contribution in [3.63, 3.8) is 0 Å². The molecule has 1 fully saturated rings. The van der Waals surface area contributed by atoms with E-state index in [0.29, 0.717) is 11.3 Å². The molecule has 1 heterocycles. The minimum atomic E-state index is -3.86. The third-order valence-corrected chi connectivity index (χ3v) is 8.75. The van der Waals surface area contributed by atoms with Gasteiger partial charge in [0.1, 0.15) is 0 Å². The molecule has 2 aromatic carbocycles. The molecule has 148 valence electrons. The van der Waals surface area contributed by atoms with E-state index in [1.807, 2.05) is 0 Å². The number of carbonyl (C=O) groups excluding carboxylic acids is 2. The van der Waals surface area contributed by atoms with E-state index in [-0.39, 0.29) is 28.4 Å². The number of nitrogens with one attached hydrogen (secondary N) is 1. The number of carbonyl (C=O) groups is 2. The van der Waals surface area contributed by atoms with Crippen LogP contribution in [0.2, 0.25) is 0 Å². The van der Waals surface area contributed by atoms with E-state index in [0.717, 1.165) is 0 Å². The molecule has 7 nitrogen and oxygen atoms in total. The molecule has 0 unspecified atom stereocenters. The lowest BCUT2D eigenvalue weighted by molar-refractivity contribution is 0.101. The molecule has 1 saturated heterocycles. The smallest absolute Gasteiger partial charge is 0.255 e. The number of rotatable bonds is 5. The highest BCUT2D eigenvalue weighted by atomic mass is 32.2. The van der Waals surface area contributed by atoms with E-state index in [4.69, 9.17) is 0 Å². The standard InChI is InChI=1S/C19H19NO6S2/c1-13(21)14-4-2-6-16(10-14)20-19(22)15-5-3-7-17(11-15)28(25,26)18-8-9-27(23,24)12-18/h2-7,10-11,18H,8-9,12H2,1H3,(H,20,22)/t18-/m1/s1. The first-order valence-electron chi connectivity index (χ1n) is 8.55. The van der Waals surface area contributed by atoms with Gasteiger partial charge in [-0.3, -0.25) is 9.59 Å². The third kappa shape index (κ3) is 4.31. The Balaban J connectivity index is 1.84. The normalized spacial score (nSPS) is 18.5. The van der Waals surface area contributed by atoms with Crippen LogP contribution in [0.15, 0.2) is 53.4 Å². The minimum absolute atomic E-state index is 0.0545. The Morgan fingerprint density at radius 1 is 1.04 bits per heavy atom. The summed E-state index contributed by atoms with van der Waals surface area (Å²) in [5, 5.41) is 1.64. The summed E-state index contributed by atoms with van der Waals surface area (Å²) >= 11 is 0. The van der Waals surface area contributed by atoms with Crippen molar-refractivity contribution in [3.05, 3.63) is 59.7 Å². The second kappa shape index (κ2) is 7.48. The SMILES string of the molecule is CC(=O)c1cccc(NC(=O)c2cccc(S(=O)(=O)[C@@H]3CCS(=O)(=O)C3)c2)c1. The fraction of sp³-hybridized carbons (Fsp3) is 0.263. The van der Waals surface area contributed by atoms with Crippen molar-refractivity contribution in [3.8, 4) is 0 Å². The molecule has 0 saturated carbocycles. The van der Waals surface area contributed by atoms with Crippen molar-refractivity contribution < 1.29 is 26.4 Å². The van der Waals surface area contributed by atoms with Crippen LogP contribution >= 0.6 is 0 Å². The van der Waals surface area contributed by atoms with Crippen LogP contribution in [0.1, 0.15) is 34.1 Å². The Kier molecular flexibility index (Phi) is 5.40. The van der Waals surface area contributed by atoms with Crippen molar-refractivity contribution in [2.45, 2.75) is 23.5 Å². The van der Waals surface area contributed by atoms with Crippen molar-refractivity contribution in [2.75, 3.05) is 16.8 Å². The van der Waals surface area contributed by atoms with Gasteiger partial charge in [-0.15, -0.1) is 0 Å². The van der Waals surface area contributed by atoms with Gasteiger partial charge in [0.05, 0.1) is 21.7 Å². The second-order valence-corrected chi connectivity index (χ2v) is 11.1. The van der Waals surface area contributed by atoms with Crippen LogP contribution in [0, 0.1) is 0 Å². The highest BCUT2D eigenvalue weighted by Crippen LogP contribution is 2.26. The van der Waals surface area contributed by atoms with Gasteiger partial charge < -0.3 is 5.32 Å². The lowest BCUT2D eigenvalue weighted by atomic mass is 10.1. The average molecular weight is 421 g/mol. The molecule has 0 bridgehead atoms. The summed E-state index contributed by atoms with van der Waals surface area (Å²) in [6, 6.07) is 11.9. The molecular formula is C19H19NO6S2. The van der Waals surface area contributed by atoms with Crippen LogP contribution in [0.5, 0.6) is 0 Å². The maximum Gasteiger partial charge on any atom is 0.255 e. The molecule has 9 heteroatoms. The van der Waals surface area contributed by atoms with Crippen LogP contribution in [0.4, 0.5) is 5.69 Å². The molecule has 1 atom stereocenters. The first kappa shape index (κ1) is 20.2. The van der Waals surface area contributed by atoms with Crippen LogP contribution in [-0.2, 0) is 19.7 Å². The highest BCUT2D eigenvalue weighted by Gasteiger charge is 2.38. The van der Waals surface area contributed by atoms with Gasteiger partial charge in [0, 0.05) is 16.8 Å². The van der Waals surface area contributed by atoms with Crippen LogP contribution in [0.3, 0.4) is 0 Å². The fourth-order valence-electron chi connectivity index (χ4n) is 3.03. The Hall–Kier alpha value is -2.52. The lowest BCUT2D eigenvalue weighted by Crippen LogP contribution is -2.23. The van der Waals surface area contributed by atoms with E-state index in [2.05, 4.69) is 5.32 Å². The molecule has 2 aromatic rings. The van der Waals surface area contributed by atoms with Gasteiger partial charge in [-0.1, -0.05) is 18.2 Å². The fourth-order valence-corrected chi connectivity index (χ4v) is 7.44. The first-order chi connectivity index (χ1) is 13.1. The van der Waals surface area contributed by atoms with E-state index in [1.54, 1.807) is 18.2 Å². The van der Waals surface area contributed by atoms with Crippen LogP contribution in [0.25, 0.3) is 0 Å². The van der Waals surface area contributed by atoms with E-state index >= 15 is 0 Å². The lowest BCUT2D eigenvalue weighted by Gasteiger charge is -2.12. The van der Waals surface area contributed by atoms with Crippen LogP contribution < -0.4 is 5.32 Å². The molecule has 3 rings (SSSR count). The quantitative estimate of drug-likeness (QED) is 0.740. The van der Waals surface area contributed by atoms with Gasteiger partial charge in [-0.25, -0.2) is 16.8 Å². The maximum atomic E-state index is 12.7. The zero-order valence-electron chi connectivity index (χ0n) is 15.1. The largest absolute Gasteiger partial charge is 0.322 e. The molecule has 0 radical (unpaired) electrons. The molecule has 28 heavy (non-hydrogen) atoms. The topological polar surface area (TPSA) is 114 Å². The number of ketones is 1. The molecular weight excluding hydrogens is 402 g/mol. The van der Waals surface area contributed by atoms with Gasteiger partial charge in [0.15, 0.2) is 25.5 Å². The summed E-state index contributed by atoms with van der Waals surface area (Å²) < 4.78 is 48.7. The number of Topliss-reactive ketones (excluding diaryl/α,β-unsaturated/α-hetero) is 1. The Bertz CT molecular complexity index is 1150. The summed E-state index contributed by atoms with van der Waals surface area (Å²) in [5.74, 6) is -1.22. The molecule has 1 aliphatic rings. The minimum Gasteiger partial charge on any atom is -0.322 e. The van der Waals surface area contributed by atoms with Crippen molar-refractivity contribution in [1.82, 2.24) is 0 Å². The predicted octanol–water partition coefficient (Wildman–Crippen LogP) is 2.10. The Morgan fingerprint density at radius 2 is 1.71 bits per heavy atom. The van der Waals surface area contributed by atoms with Gasteiger partial charge in [-0.2, -0.15) is 0 Å². The molecule has 1 N–H and O–H groups in total. The first-order valence-corrected chi connectivity index (χ1v) is 11.9. The van der Waals surface area contributed by atoms with Gasteiger partial charge in [0.2, 0.25) is 0 Å². The summed E-state index contributed by atoms with van der Waals surface area (Å²) in [6.45, 7) is 1.42. The van der Waals surface area contributed by atoms with Crippen molar-refractivity contribution >= 4 is 37.1 Å². The predicted molar refractivity (Wildman–Crippen MR) is 105 cm³/mol. The third-order valence-electron chi connectivity index (χ3n) is 4.58. The molecule has 0 aromatic heterocycles. The van der Waals surface area contributed by atoms with Crippen molar-refractivity contribution in [1.29, 1.82) is 0 Å². The van der Waals surface area contributed by atoms with Gasteiger partial charge in [0.25, 0.3) is 5.91 Å². The van der Waals surface area contributed by atoms with E-state index in [9.17, 15) is 26.4 Å². The van der Waals surface area contributed by atoms with E-state index in [1.165, 1.54) is 37.3 Å². The number of benzene rings is 2. The second-order valence-electron chi connectivity index (χ2n) is 6.69. The zero-order chi connectivity index (χ0) is 20.5. The molecule has 0 spiro atoms. The summed E-state index contributed by atoms with van der Waals surface area (Å²) in [7, 11) is -7.21. The number of sulfone groups is 2. The maximum absolute atomic E-state index is 12.7. The summed E-state index contributed by atoms with van der Waals surface area (Å²) in [4.78, 5) is 23.9. The monoisotopic (exact) mass is 421 g/mol. The molecule has 1 amide bonds. The van der Waals surface area contributed by atoms with Gasteiger partial charge >= 0.3 is 0 Å². The Morgan fingerprint density at radius 3 is 2.36 bits per heavy atom. The Labute approximate surface area is 163 Å². The molecule has 0 aliphatic carbocycles. The van der Waals surface area contributed by atoms with E-state index < -0.39 is 36.6 Å². The summed E-state index contributed by atoms with van der Waals surface area (Å²) in [5.41, 5.74) is 0.972. The number of anilines is 1. The number of hydrogen-bond acceptors (Lipinski definition) is 6. The number of amides is 1. The summed E-state index contributed by atoms with van der Waals surface area (Å²) in [6.07, 6.45) is 0.0545.